The van der Waals surface area contributed by atoms with E-state index in [1.807, 2.05) is 0 Å². The maximum atomic E-state index is 12.9. The molecule has 1 aromatic carbocycles. The molecule has 0 heterocycles. The lowest BCUT2D eigenvalue weighted by Gasteiger charge is -2.27. The van der Waals surface area contributed by atoms with Gasteiger partial charge in [-0.05, 0) is 43.4 Å². The zero-order valence-corrected chi connectivity index (χ0v) is 13.8. The minimum absolute atomic E-state index is 0.0108. The molecule has 4 nitrogen and oxygen atoms in total. The van der Waals surface area contributed by atoms with Gasteiger partial charge < -0.3 is 15.2 Å². The van der Waals surface area contributed by atoms with E-state index in [2.05, 4.69) is 12.2 Å². The van der Waals surface area contributed by atoms with Gasteiger partial charge in [-0.2, -0.15) is 0 Å². The van der Waals surface area contributed by atoms with Gasteiger partial charge in [-0.1, -0.05) is 31.9 Å². The van der Waals surface area contributed by atoms with Gasteiger partial charge in [-0.25, -0.2) is 4.39 Å². The average molecular weight is 323 g/mol. The molecule has 0 saturated heterocycles. The lowest BCUT2D eigenvalue weighted by Crippen LogP contribution is -2.40. The molecule has 23 heavy (non-hydrogen) atoms. The van der Waals surface area contributed by atoms with Crippen LogP contribution in [0.25, 0.3) is 0 Å². The minimum Gasteiger partial charge on any atom is -0.384 e. The second kappa shape index (κ2) is 7.88. The predicted octanol–water partition coefficient (Wildman–Crippen LogP) is 2.74. The van der Waals surface area contributed by atoms with Crippen molar-refractivity contribution in [2.45, 2.75) is 51.2 Å². The monoisotopic (exact) mass is 323 g/mol. The Morgan fingerprint density at radius 1 is 1.39 bits per heavy atom. The van der Waals surface area contributed by atoms with Crippen molar-refractivity contribution in [1.82, 2.24) is 5.32 Å². The summed E-state index contributed by atoms with van der Waals surface area (Å²) in [6.45, 7) is 3.86. The molecule has 1 fully saturated rings. The molecule has 1 aromatic rings. The van der Waals surface area contributed by atoms with Crippen LogP contribution in [0.3, 0.4) is 0 Å². The summed E-state index contributed by atoms with van der Waals surface area (Å²) >= 11 is 0. The number of hydrogen-bond acceptors (Lipinski definition) is 3. The van der Waals surface area contributed by atoms with E-state index in [1.54, 1.807) is 6.92 Å². The molecule has 0 bridgehead atoms. The number of ether oxygens (including phenoxy) is 1. The van der Waals surface area contributed by atoms with Crippen LogP contribution >= 0.6 is 0 Å². The number of carbonyl (C=O) groups excluding carboxylic acids is 1. The number of amides is 1. The molecule has 1 aliphatic rings. The smallest absolute Gasteiger partial charge is 0.246 e. The summed E-state index contributed by atoms with van der Waals surface area (Å²) in [5.41, 5.74) is -0.691. The SMILES string of the molecule is CC1CCCC(OCC(=O)NCC(C)(O)c2ccc(F)cc2)C1. The standard InChI is InChI=1S/C18H26FNO3/c1-13-4-3-5-16(10-13)23-11-17(21)20-12-18(2,22)14-6-8-15(19)9-7-14/h6-9,13,16,22H,3-5,10-12H2,1-2H3,(H,20,21). The summed E-state index contributed by atoms with van der Waals surface area (Å²) in [5, 5.41) is 13.1. The number of rotatable bonds is 6. The first kappa shape index (κ1) is 17.9. The van der Waals surface area contributed by atoms with Crippen LogP contribution in [0.15, 0.2) is 24.3 Å². The number of halogens is 1. The molecule has 0 spiro atoms. The normalized spacial score (nSPS) is 24.0. The van der Waals surface area contributed by atoms with Crippen molar-refractivity contribution in [2.75, 3.05) is 13.2 Å². The van der Waals surface area contributed by atoms with Crippen molar-refractivity contribution in [2.24, 2.45) is 5.92 Å². The van der Waals surface area contributed by atoms with Crippen molar-refractivity contribution in [1.29, 1.82) is 0 Å². The first-order valence-electron chi connectivity index (χ1n) is 8.23. The summed E-state index contributed by atoms with van der Waals surface area (Å²) < 4.78 is 18.6. The van der Waals surface area contributed by atoms with E-state index in [0.29, 0.717) is 11.5 Å². The van der Waals surface area contributed by atoms with Crippen LogP contribution in [0.2, 0.25) is 0 Å². The van der Waals surface area contributed by atoms with Crippen LogP contribution in [0.4, 0.5) is 4.39 Å². The van der Waals surface area contributed by atoms with Gasteiger partial charge in [0.15, 0.2) is 0 Å². The van der Waals surface area contributed by atoms with E-state index in [-0.39, 0.29) is 31.0 Å². The first-order valence-corrected chi connectivity index (χ1v) is 8.23. The Morgan fingerprint density at radius 2 is 2.09 bits per heavy atom. The Bertz CT molecular complexity index is 516. The summed E-state index contributed by atoms with van der Waals surface area (Å²) in [6.07, 6.45) is 4.53. The number of benzene rings is 1. The van der Waals surface area contributed by atoms with Crippen LogP contribution in [0.1, 0.15) is 45.1 Å². The Labute approximate surface area is 137 Å². The fourth-order valence-corrected chi connectivity index (χ4v) is 2.96. The molecular weight excluding hydrogens is 297 g/mol. The van der Waals surface area contributed by atoms with E-state index in [9.17, 15) is 14.3 Å². The van der Waals surface area contributed by atoms with Crippen LogP contribution in [-0.2, 0) is 15.1 Å². The third kappa shape index (κ3) is 5.59. The Kier molecular flexibility index (Phi) is 6.13. The molecule has 128 valence electrons. The van der Waals surface area contributed by atoms with Gasteiger partial charge in [0, 0.05) is 0 Å². The number of carbonyl (C=O) groups is 1. The molecule has 3 atom stereocenters. The van der Waals surface area contributed by atoms with Crippen LogP contribution in [0, 0.1) is 11.7 Å². The van der Waals surface area contributed by atoms with Crippen molar-refractivity contribution in [3.05, 3.63) is 35.6 Å². The van der Waals surface area contributed by atoms with Gasteiger partial charge in [-0.3, -0.25) is 4.79 Å². The molecule has 0 aliphatic heterocycles. The van der Waals surface area contributed by atoms with E-state index in [1.165, 1.54) is 30.7 Å². The van der Waals surface area contributed by atoms with Gasteiger partial charge in [0.1, 0.15) is 18.0 Å². The summed E-state index contributed by atoms with van der Waals surface area (Å²) in [4.78, 5) is 11.9. The van der Waals surface area contributed by atoms with E-state index in [4.69, 9.17) is 4.74 Å². The number of nitrogens with one attached hydrogen (secondary N) is 1. The van der Waals surface area contributed by atoms with Crippen molar-refractivity contribution >= 4 is 5.91 Å². The second-order valence-electron chi connectivity index (χ2n) is 6.76. The molecule has 1 amide bonds. The van der Waals surface area contributed by atoms with Gasteiger partial charge in [0.2, 0.25) is 5.91 Å². The molecule has 5 heteroatoms. The molecular formula is C18H26FNO3. The summed E-state index contributed by atoms with van der Waals surface area (Å²) in [6, 6.07) is 5.61. The molecule has 1 aliphatic carbocycles. The second-order valence-corrected chi connectivity index (χ2v) is 6.76. The maximum Gasteiger partial charge on any atom is 0.246 e. The third-order valence-electron chi connectivity index (χ3n) is 4.43. The zero-order valence-electron chi connectivity index (χ0n) is 13.8. The van der Waals surface area contributed by atoms with Crippen LogP contribution < -0.4 is 5.32 Å². The maximum absolute atomic E-state index is 12.9. The largest absolute Gasteiger partial charge is 0.384 e. The van der Waals surface area contributed by atoms with Crippen molar-refractivity contribution in [3.63, 3.8) is 0 Å². The highest BCUT2D eigenvalue weighted by atomic mass is 19.1. The molecule has 0 aromatic heterocycles. The lowest BCUT2D eigenvalue weighted by molar-refractivity contribution is -0.129. The highest BCUT2D eigenvalue weighted by molar-refractivity contribution is 5.77. The summed E-state index contributed by atoms with van der Waals surface area (Å²) in [7, 11) is 0. The van der Waals surface area contributed by atoms with Gasteiger partial charge in [0.05, 0.1) is 12.6 Å². The van der Waals surface area contributed by atoms with E-state index < -0.39 is 5.60 Å². The Hall–Kier alpha value is -1.46. The Morgan fingerprint density at radius 3 is 2.74 bits per heavy atom. The van der Waals surface area contributed by atoms with Gasteiger partial charge in [0.25, 0.3) is 0 Å². The van der Waals surface area contributed by atoms with Crippen molar-refractivity contribution < 1.29 is 19.0 Å². The van der Waals surface area contributed by atoms with Crippen LogP contribution in [0.5, 0.6) is 0 Å². The molecule has 1 saturated carbocycles. The number of hydrogen-bond donors (Lipinski definition) is 2. The Balaban J connectivity index is 1.75. The molecule has 0 radical (unpaired) electrons. The van der Waals surface area contributed by atoms with E-state index in [0.717, 1.165) is 19.3 Å². The number of aliphatic hydroxyl groups is 1. The average Bonchev–Trinajstić information content (AvgIpc) is 2.51. The highest BCUT2D eigenvalue weighted by Crippen LogP contribution is 2.25. The predicted molar refractivity (Wildman–Crippen MR) is 86.4 cm³/mol. The van der Waals surface area contributed by atoms with Gasteiger partial charge >= 0.3 is 0 Å². The van der Waals surface area contributed by atoms with Crippen molar-refractivity contribution in [3.8, 4) is 0 Å². The topological polar surface area (TPSA) is 58.6 Å². The minimum atomic E-state index is -1.25. The first-order chi connectivity index (χ1) is 10.9. The lowest BCUT2D eigenvalue weighted by atomic mass is 9.89. The summed E-state index contributed by atoms with van der Waals surface area (Å²) in [5.74, 6) is 0.0466. The molecule has 2 rings (SSSR count). The fraction of sp³-hybridized carbons (Fsp3) is 0.611. The zero-order chi connectivity index (χ0) is 16.9. The molecule has 2 N–H and O–H groups in total. The highest BCUT2D eigenvalue weighted by Gasteiger charge is 2.24. The van der Waals surface area contributed by atoms with Gasteiger partial charge in [-0.15, -0.1) is 0 Å². The van der Waals surface area contributed by atoms with E-state index >= 15 is 0 Å². The fourth-order valence-electron chi connectivity index (χ4n) is 2.96. The molecule has 3 unspecified atom stereocenters. The third-order valence-corrected chi connectivity index (χ3v) is 4.43. The quantitative estimate of drug-likeness (QED) is 0.846. The van der Waals surface area contributed by atoms with Crippen LogP contribution in [-0.4, -0.2) is 30.3 Å².